The lowest BCUT2D eigenvalue weighted by Gasteiger charge is -2.21. The number of para-hydroxylation sites is 1. The predicted molar refractivity (Wildman–Crippen MR) is 109 cm³/mol. The van der Waals surface area contributed by atoms with E-state index in [2.05, 4.69) is 5.32 Å². The molecule has 0 saturated carbocycles. The lowest BCUT2D eigenvalue weighted by molar-refractivity contribution is -0.387. The molecule has 0 aliphatic rings. The van der Waals surface area contributed by atoms with E-state index in [0.29, 0.717) is 5.69 Å². The molecule has 0 fully saturated rings. The number of amides is 1. The van der Waals surface area contributed by atoms with Gasteiger partial charge in [-0.25, -0.2) is 8.42 Å². The van der Waals surface area contributed by atoms with E-state index < -0.39 is 38.0 Å². The highest BCUT2D eigenvalue weighted by Gasteiger charge is 2.33. The standard InChI is InChI=1S/C19H16ClN3O6S/c20-14-8-9-18(17(11-14)23(25)26)30(27,28)22(12-16-7-4-10-29-16)13-19(24)21-15-5-2-1-3-6-15/h1-11H,12-13H2,(H,21,24). The fraction of sp³-hybridized carbons (Fsp3) is 0.105. The largest absolute Gasteiger partial charge is 0.468 e. The van der Waals surface area contributed by atoms with Crippen molar-refractivity contribution in [1.82, 2.24) is 4.31 Å². The molecule has 0 atom stereocenters. The molecule has 0 bridgehead atoms. The molecule has 0 aliphatic carbocycles. The van der Waals surface area contributed by atoms with Crippen molar-refractivity contribution in [3.8, 4) is 0 Å². The molecule has 0 radical (unpaired) electrons. The van der Waals surface area contributed by atoms with Gasteiger partial charge in [-0.3, -0.25) is 14.9 Å². The third-order valence-corrected chi connectivity index (χ3v) is 6.10. The number of nitrogens with one attached hydrogen (secondary N) is 1. The van der Waals surface area contributed by atoms with Gasteiger partial charge in [0.25, 0.3) is 15.7 Å². The predicted octanol–water partition coefficient (Wildman–Crippen LogP) is 3.67. The highest BCUT2D eigenvalue weighted by molar-refractivity contribution is 7.89. The topological polar surface area (TPSA) is 123 Å². The van der Waals surface area contributed by atoms with Gasteiger partial charge in [-0.15, -0.1) is 0 Å². The number of halogens is 1. The Labute approximate surface area is 177 Å². The Morgan fingerprint density at radius 3 is 2.50 bits per heavy atom. The first kappa shape index (κ1) is 21.5. The number of hydrogen-bond acceptors (Lipinski definition) is 6. The summed E-state index contributed by atoms with van der Waals surface area (Å²) in [5.74, 6) is -0.351. The van der Waals surface area contributed by atoms with Crippen molar-refractivity contribution >= 4 is 38.9 Å². The average molecular weight is 450 g/mol. The summed E-state index contributed by atoms with van der Waals surface area (Å²) in [4.78, 5) is 22.5. The lowest BCUT2D eigenvalue weighted by Crippen LogP contribution is -2.37. The number of carbonyl (C=O) groups is 1. The van der Waals surface area contributed by atoms with Gasteiger partial charge in [0.05, 0.1) is 24.3 Å². The van der Waals surface area contributed by atoms with Gasteiger partial charge in [0.1, 0.15) is 5.76 Å². The minimum Gasteiger partial charge on any atom is -0.468 e. The van der Waals surface area contributed by atoms with Crippen LogP contribution in [-0.2, 0) is 21.4 Å². The Bertz CT molecular complexity index is 1150. The fourth-order valence-electron chi connectivity index (χ4n) is 2.67. The van der Waals surface area contributed by atoms with Crippen molar-refractivity contribution in [2.24, 2.45) is 0 Å². The van der Waals surface area contributed by atoms with Gasteiger partial charge in [0.15, 0.2) is 4.90 Å². The summed E-state index contributed by atoms with van der Waals surface area (Å²) in [5.41, 5.74) is -0.203. The molecule has 0 spiro atoms. The Morgan fingerprint density at radius 1 is 1.13 bits per heavy atom. The van der Waals surface area contributed by atoms with E-state index in [0.717, 1.165) is 16.4 Å². The van der Waals surface area contributed by atoms with Crippen molar-refractivity contribution in [3.63, 3.8) is 0 Å². The maximum Gasteiger partial charge on any atom is 0.290 e. The summed E-state index contributed by atoms with van der Waals surface area (Å²) < 4.78 is 32.5. The van der Waals surface area contributed by atoms with E-state index in [4.69, 9.17) is 16.0 Å². The van der Waals surface area contributed by atoms with Gasteiger partial charge in [0.2, 0.25) is 5.91 Å². The van der Waals surface area contributed by atoms with E-state index in [1.165, 1.54) is 18.4 Å². The molecule has 11 heteroatoms. The fourth-order valence-corrected chi connectivity index (χ4v) is 4.34. The zero-order valence-electron chi connectivity index (χ0n) is 15.4. The van der Waals surface area contributed by atoms with Crippen LogP contribution in [-0.4, -0.2) is 30.1 Å². The first-order valence-electron chi connectivity index (χ1n) is 8.59. The van der Waals surface area contributed by atoms with Gasteiger partial charge in [0, 0.05) is 16.8 Å². The number of rotatable bonds is 8. The smallest absolute Gasteiger partial charge is 0.290 e. The van der Waals surface area contributed by atoms with Crippen LogP contribution in [0.1, 0.15) is 5.76 Å². The molecule has 2 aromatic carbocycles. The van der Waals surface area contributed by atoms with Gasteiger partial charge < -0.3 is 9.73 Å². The Kier molecular flexibility index (Phi) is 6.50. The van der Waals surface area contributed by atoms with Gasteiger partial charge >= 0.3 is 0 Å². The summed E-state index contributed by atoms with van der Waals surface area (Å²) in [6.45, 7) is -0.880. The number of sulfonamides is 1. The van der Waals surface area contributed by atoms with Crippen molar-refractivity contribution in [3.05, 3.63) is 87.8 Å². The van der Waals surface area contributed by atoms with Crippen molar-refractivity contribution < 1.29 is 22.6 Å². The molecule has 1 amide bonds. The second-order valence-corrected chi connectivity index (χ2v) is 8.48. The van der Waals surface area contributed by atoms with Crippen molar-refractivity contribution in [1.29, 1.82) is 0 Å². The third kappa shape index (κ3) is 5.03. The second-order valence-electron chi connectivity index (χ2n) is 6.14. The highest BCUT2D eigenvalue weighted by Crippen LogP contribution is 2.30. The minimum absolute atomic E-state index is 0.0139. The van der Waals surface area contributed by atoms with Gasteiger partial charge in [-0.05, 0) is 36.4 Å². The first-order valence-corrected chi connectivity index (χ1v) is 10.4. The van der Waals surface area contributed by atoms with Crippen LogP contribution in [0, 0.1) is 10.1 Å². The van der Waals surface area contributed by atoms with Crippen LogP contribution in [0.3, 0.4) is 0 Å². The molecular formula is C19H16ClN3O6S. The number of furan rings is 1. The monoisotopic (exact) mass is 449 g/mol. The number of benzene rings is 2. The maximum atomic E-state index is 13.2. The molecule has 9 nitrogen and oxygen atoms in total. The van der Waals surface area contributed by atoms with Crippen LogP contribution < -0.4 is 5.32 Å². The number of nitro groups is 1. The van der Waals surface area contributed by atoms with E-state index in [1.54, 1.807) is 36.4 Å². The molecule has 3 rings (SSSR count). The first-order chi connectivity index (χ1) is 14.3. The van der Waals surface area contributed by atoms with E-state index in [-0.39, 0.29) is 17.3 Å². The van der Waals surface area contributed by atoms with Crippen LogP contribution in [0.2, 0.25) is 5.02 Å². The minimum atomic E-state index is -4.44. The average Bonchev–Trinajstić information content (AvgIpc) is 3.21. The lowest BCUT2D eigenvalue weighted by atomic mass is 10.3. The zero-order chi connectivity index (χ0) is 21.7. The summed E-state index contributed by atoms with van der Waals surface area (Å²) in [6.07, 6.45) is 1.36. The summed E-state index contributed by atoms with van der Waals surface area (Å²) in [6, 6.07) is 14.8. The van der Waals surface area contributed by atoms with Crippen molar-refractivity contribution in [2.45, 2.75) is 11.4 Å². The number of carbonyl (C=O) groups excluding carboxylic acids is 1. The third-order valence-electron chi connectivity index (χ3n) is 4.03. The van der Waals surface area contributed by atoms with Crippen molar-refractivity contribution in [2.75, 3.05) is 11.9 Å². The normalized spacial score (nSPS) is 11.4. The van der Waals surface area contributed by atoms with E-state index >= 15 is 0 Å². The highest BCUT2D eigenvalue weighted by atomic mass is 35.5. The molecule has 3 aromatic rings. The molecule has 0 unspecified atom stereocenters. The Morgan fingerprint density at radius 2 is 1.87 bits per heavy atom. The second kappa shape index (κ2) is 9.08. The Balaban J connectivity index is 1.95. The van der Waals surface area contributed by atoms with Crippen LogP contribution in [0.25, 0.3) is 0 Å². The molecule has 156 valence electrons. The number of anilines is 1. The van der Waals surface area contributed by atoms with Crippen LogP contribution >= 0.6 is 11.6 Å². The summed E-state index contributed by atoms with van der Waals surface area (Å²) in [7, 11) is -4.44. The quantitative estimate of drug-likeness (QED) is 0.413. The number of nitro benzene ring substituents is 1. The molecule has 0 saturated heterocycles. The SMILES string of the molecule is O=C(CN(Cc1ccco1)S(=O)(=O)c1ccc(Cl)cc1[N+](=O)[O-])Nc1ccccc1. The van der Waals surface area contributed by atoms with Gasteiger partial charge in [-0.1, -0.05) is 29.8 Å². The molecule has 30 heavy (non-hydrogen) atoms. The maximum absolute atomic E-state index is 13.2. The molecule has 0 aliphatic heterocycles. The van der Waals surface area contributed by atoms with Crippen LogP contribution in [0.4, 0.5) is 11.4 Å². The van der Waals surface area contributed by atoms with Crippen LogP contribution in [0.15, 0.2) is 76.2 Å². The molecule has 1 N–H and O–H groups in total. The summed E-state index contributed by atoms with van der Waals surface area (Å²) >= 11 is 5.79. The Hall–Kier alpha value is -3.21. The summed E-state index contributed by atoms with van der Waals surface area (Å²) in [5, 5.41) is 14.0. The molecule has 1 aromatic heterocycles. The molecular weight excluding hydrogens is 434 g/mol. The van der Waals surface area contributed by atoms with E-state index in [9.17, 15) is 23.3 Å². The zero-order valence-corrected chi connectivity index (χ0v) is 17.0. The van der Waals surface area contributed by atoms with E-state index in [1.807, 2.05) is 0 Å². The number of hydrogen-bond donors (Lipinski definition) is 1. The number of nitrogens with zero attached hydrogens (tertiary/aromatic N) is 2. The van der Waals surface area contributed by atoms with Crippen LogP contribution in [0.5, 0.6) is 0 Å². The molecule has 1 heterocycles. The van der Waals surface area contributed by atoms with Gasteiger partial charge in [-0.2, -0.15) is 4.31 Å².